The van der Waals surface area contributed by atoms with Gasteiger partial charge in [0.05, 0.1) is 21.5 Å². The average Bonchev–Trinajstić information content (AvgIpc) is 2.49. The Morgan fingerprint density at radius 1 is 1.21 bits per heavy atom. The van der Waals surface area contributed by atoms with Crippen LogP contribution in [-0.2, 0) is 4.74 Å². The fourth-order valence-corrected chi connectivity index (χ4v) is 2.11. The highest BCUT2D eigenvalue weighted by atomic mass is 28.3. The lowest BCUT2D eigenvalue weighted by Gasteiger charge is -2.10. The van der Waals surface area contributed by atoms with Gasteiger partial charge in [-0.05, 0) is 6.08 Å². The molecule has 126 valence electrons. The molecule has 0 spiro atoms. The summed E-state index contributed by atoms with van der Waals surface area (Å²) in [6.07, 6.45) is 0.416. The number of rotatable bonds is 5. The standard InChI is InChI=1S/C15H16N2O6Si/c1-5-14(6-7-24(2,3)4)23-15(18)11-8-12(16(19)20)10-13(9-11)17(21)22/h5,8-10,14H,1H2,2-4H3/t14-/m1/s1. The van der Waals surface area contributed by atoms with Crippen LogP contribution < -0.4 is 0 Å². The highest BCUT2D eigenvalue weighted by Gasteiger charge is 2.22. The molecular formula is C15H16N2O6Si. The maximum atomic E-state index is 12.1. The molecule has 0 saturated carbocycles. The molecule has 0 N–H and O–H groups in total. The van der Waals surface area contributed by atoms with Crippen LogP contribution in [0.15, 0.2) is 30.9 Å². The Bertz CT molecular complexity index is 725. The van der Waals surface area contributed by atoms with Gasteiger partial charge in [-0.15, -0.1) is 5.54 Å². The van der Waals surface area contributed by atoms with Gasteiger partial charge >= 0.3 is 5.97 Å². The van der Waals surface area contributed by atoms with Gasteiger partial charge in [0.25, 0.3) is 11.4 Å². The van der Waals surface area contributed by atoms with Crippen molar-refractivity contribution in [1.82, 2.24) is 0 Å². The molecular weight excluding hydrogens is 332 g/mol. The minimum absolute atomic E-state index is 0.294. The third kappa shape index (κ3) is 5.66. The highest BCUT2D eigenvalue weighted by molar-refractivity contribution is 6.83. The molecule has 0 fully saturated rings. The molecule has 24 heavy (non-hydrogen) atoms. The molecule has 9 heteroatoms. The average molecular weight is 348 g/mol. The largest absolute Gasteiger partial charge is 0.441 e. The summed E-state index contributed by atoms with van der Waals surface area (Å²) in [5.74, 6) is 1.82. The van der Waals surface area contributed by atoms with Crippen LogP contribution in [0.1, 0.15) is 10.4 Å². The van der Waals surface area contributed by atoms with Crippen molar-refractivity contribution in [1.29, 1.82) is 0 Å². The summed E-state index contributed by atoms with van der Waals surface area (Å²) in [5.41, 5.74) is 1.58. The SMILES string of the molecule is C=C[C@H](C#C[Si](C)(C)C)OC(=O)c1cc([N+](=O)[O-])cc([N+](=O)[O-])c1. The number of esters is 1. The normalized spacial score (nSPS) is 11.6. The van der Waals surface area contributed by atoms with Crippen molar-refractivity contribution in [2.75, 3.05) is 0 Å². The molecule has 0 bridgehead atoms. The van der Waals surface area contributed by atoms with Gasteiger partial charge in [-0.25, -0.2) is 4.79 Å². The number of carbonyl (C=O) groups is 1. The van der Waals surface area contributed by atoms with Crippen LogP contribution in [0, 0.1) is 31.7 Å². The lowest BCUT2D eigenvalue weighted by Crippen LogP contribution is -2.19. The van der Waals surface area contributed by atoms with E-state index >= 15 is 0 Å². The first-order valence-electron chi connectivity index (χ1n) is 6.83. The molecule has 1 atom stereocenters. The molecule has 0 amide bonds. The van der Waals surface area contributed by atoms with Gasteiger partial charge in [-0.1, -0.05) is 32.1 Å². The maximum absolute atomic E-state index is 12.1. The Morgan fingerprint density at radius 2 is 1.71 bits per heavy atom. The van der Waals surface area contributed by atoms with Crippen LogP contribution in [0.2, 0.25) is 19.6 Å². The van der Waals surface area contributed by atoms with Crippen molar-refractivity contribution in [2.45, 2.75) is 25.7 Å². The lowest BCUT2D eigenvalue weighted by atomic mass is 10.1. The number of hydrogen-bond acceptors (Lipinski definition) is 6. The van der Waals surface area contributed by atoms with Crippen molar-refractivity contribution in [2.24, 2.45) is 0 Å². The van der Waals surface area contributed by atoms with Gasteiger partial charge in [0, 0.05) is 12.1 Å². The van der Waals surface area contributed by atoms with Crippen LogP contribution in [0.5, 0.6) is 0 Å². The molecule has 0 radical (unpaired) electrons. The van der Waals surface area contributed by atoms with Gasteiger partial charge in [0.1, 0.15) is 8.07 Å². The minimum Gasteiger partial charge on any atom is -0.441 e. The zero-order valence-electron chi connectivity index (χ0n) is 13.4. The first-order valence-corrected chi connectivity index (χ1v) is 10.3. The molecule has 0 aliphatic heterocycles. The smallest absolute Gasteiger partial charge is 0.340 e. The molecule has 0 aliphatic carbocycles. The second-order valence-corrected chi connectivity index (χ2v) is 10.6. The van der Waals surface area contributed by atoms with E-state index in [1.54, 1.807) is 0 Å². The number of ether oxygens (including phenoxy) is 1. The van der Waals surface area contributed by atoms with E-state index in [0.717, 1.165) is 18.2 Å². The molecule has 1 aromatic carbocycles. The highest BCUT2D eigenvalue weighted by Crippen LogP contribution is 2.23. The second kappa shape index (κ2) is 7.52. The maximum Gasteiger partial charge on any atom is 0.340 e. The van der Waals surface area contributed by atoms with Gasteiger partial charge in [-0.2, -0.15) is 0 Å². The molecule has 0 aromatic heterocycles. The van der Waals surface area contributed by atoms with Crippen LogP contribution in [-0.4, -0.2) is 30.0 Å². The van der Waals surface area contributed by atoms with E-state index in [4.69, 9.17) is 4.74 Å². The van der Waals surface area contributed by atoms with Crippen molar-refractivity contribution in [3.8, 4) is 11.5 Å². The summed E-state index contributed by atoms with van der Waals surface area (Å²) in [6, 6.07) is 2.61. The zero-order chi connectivity index (χ0) is 18.5. The number of hydrogen-bond donors (Lipinski definition) is 0. The molecule has 1 aromatic rings. The van der Waals surface area contributed by atoms with Crippen molar-refractivity contribution < 1.29 is 19.4 Å². The van der Waals surface area contributed by atoms with Gasteiger partial charge in [0.2, 0.25) is 0 Å². The monoisotopic (exact) mass is 348 g/mol. The summed E-state index contributed by atoms with van der Waals surface area (Å²) >= 11 is 0. The van der Waals surface area contributed by atoms with E-state index in [2.05, 4.69) is 18.0 Å². The van der Waals surface area contributed by atoms with Crippen LogP contribution in [0.4, 0.5) is 11.4 Å². The molecule has 1 rings (SSSR count). The summed E-state index contributed by atoms with van der Waals surface area (Å²) in [5, 5.41) is 21.7. The summed E-state index contributed by atoms with van der Waals surface area (Å²) < 4.78 is 5.10. The number of carbonyl (C=O) groups excluding carboxylic acids is 1. The molecule has 0 saturated heterocycles. The van der Waals surface area contributed by atoms with Crippen molar-refractivity contribution in [3.63, 3.8) is 0 Å². The van der Waals surface area contributed by atoms with E-state index < -0.39 is 41.4 Å². The summed E-state index contributed by atoms with van der Waals surface area (Å²) in [6.45, 7) is 9.54. The van der Waals surface area contributed by atoms with Crippen LogP contribution in [0.3, 0.4) is 0 Å². The Hall–Kier alpha value is -2.99. The van der Waals surface area contributed by atoms with Gasteiger partial charge in [-0.3, -0.25) is 20.2 Å². The Labute approximate surface area is 139 Å². The number of nitro groups is 2. The summed E-state index contributed by atoms with van der Waals surface area (Å²) in [4.78, 5) is 32.2. The predicted octanol–water partition coefficient (Wildman–Crippen LogP) is 3.10. The second-order valence-electron chi connectivity index (χ2n) is 5.83. The van der Waals surface area contributed by atoms with Crippen molar-refractivity contribution >= 4 is 25.4 Å². The third-order valence-electron chi connectivity index (χ3n) is 2.60. The quantitative estimate of drug-likeness (QED) is 0.202. The number of non-ortho nitro benzene ring substituents is 2. The Kier molecular flexibility index (Phi) is 5.97. The van der Waals surface area contributed by atoms with Crippen LogP contribution in [0.25, 0.3) is 0 Å². The van der Waals surface area contributed by atoms with E-state index in [9.17, 15) is 25.0 Å². The first kappa shape index (κ1) is 19.1. The van der Waals surface area contributed by atoms with Gasteiger partial charge in [0.15, 0.2) is 6.10 Å². The van der Waals surface area contributed by atoms with E-state index in [-0.39, 0.29) is 5.56 Å². The lowest BCUT2D eigenvalue weighted by molar-refractivity contribution is -0.394. The van der Waals surface area contributed by atoms with Crippen LogP contribution >= 0.6 is 0 Å². The predicted molar refractivity (Wildman–Crippen MR) is 90.3 cm³/mol. The molecule has 0 aliphatic rings. The fraction of sp³-hybridized carbons (Fsp3) is 0.267. The van der Waals surface area contributed by atoms with Crippen molar-refractivity contribution in [3.05, 3.63) is 56.6 Å². The summed E-state index contributed by atoms with van der Waals surface area (Å²) in [7, 11) is -1.69. The fourth-order valence-electron chi connectivity index (χ4n) is 1.53. The molecule has 8 nitrogen and oxygen atoms in total. The third-order valence-corrected chi connectivity index (χ3v) is 3.49. The Morgan fingerprint density at radius 3 is 2.08 bits per heavy atom. The number of nitrogens with zero attached hydrogens (tertiary/aromatic N) is 2. The number of benzene rings is 1. The van der Waals surface area contributed by atoms with E-state index in [0.29, 0.717) is 0 Å². The van der Waals surface area contributed by atoms with E-state index in [1.807, 2.05) is 19.6 Å². The number of nitro benzene ring substituents is 2. The van der Waals surface area contributed by atoms with E-state index in [1.165, 1.54) is 6.08 Å². The first-order chi connectivity index (χ1) is 11.0. The zero-order valence-corrected chi connectivity index (χ0v) is 14.4. The minimum atomic E-state index is -1.69. The molecule has 0 heterocycles. The van der Waals surface area contributed by atoms with Gasteiger partial charge < -0.3 is 4.74 Å². The Balaban J connectivity index is 3.13. The molecule has 0 unspecified atom stereocenters. The topological polar surface area (TPSA) is 113 Å².